The third-order valence-corrected chi connectivity index (χ3v) is 5.80. The largest absolute Gasteiger partial charge is 0.342 e. The lowest BCUT2D eigenvalue weighted by Gasteiger charge is -2.31. The lowest BCUT2D eigenvalue weighted by Crippen LogP contribution is -2.39. The van der Waals surface area contributed by atoms with Gasteiger partial charge in [0.2, 0.25) is 5.91 Å². The summed E-state index contributed by atoms with van der Waals surface area (Å²) in [7, 11) is 1.99. The number of aromatic nitrogens is 7. The van der Waals surface area contributed by atoms with E-state index in [9.17, 15) is 4.79 Å². The van der Waals surface area contributed by atoms with Crippen molar-refractivity contribution in [2.75, 3.05) is 13.1 Å². The van der Waals surface area contributed by atoms with Crippen molar-refractivity contribution in [2.24, 2.45) is 7.05 Å². The van der Waals surface area contributed by atoms with Crippen molar-refractivity contribution in [1.82, 2.24) is 39.4 Å². The molecule has 0 bridgehead atoms. The average molecular weight is 386 g/mol. The lowest BCUT2D eigenvalue weighted by atomic mass is 9.95. The number of hydrogen-bond acceptors (Lipinski definition) is 7. The molecule has 0 atom stereocenters. The molecule has 3 aromatic heterocycles. The van der Waals surface area contributed by atoms with Gasteiger partial charge in [-0.25, -0.2) is 14.6 Å². The molecule has 0 aromatic carbocycles. The van der Waals surface area contributed by atoms with Crippen LogP contribution in [0.15, 0.2) is 18.0 Å². The molecule has 0 spiro atoms. The molecule has 1 aliphatic heterocycles. The van der Waals surface area contributed by atoms with E-state index in [-0.39, 0.29) is 5.91 Å². The van der Waals surface area contributed by atoms with Gasteiger partial charge < -0.3 is 9.47 Å². The molecule has 142 valence electrons. The van der Waals surface area contributed by atoms with E-state index in [2.05, 4.69) is 25.3 Å². The van der Waals surface area contributed by atoms with Gasteiger partial charge in [-0.3, -0.25) is 4.79 Å². The summed E-state index contributed by atoms with van der Waals surface area (Å²) in [4.78, 5) is 22.8. The maximum Gasteiger partial charge on any atom is 0.228 e. The molecule has 10 heteroatoms. The first-order valence-corrected chi connectivity index (χ1v) is 9.87. The molecule has 3 aromatic rings. The summed E-state index contributed by atoms with van der Waals surface area (Å²) in [5, 5.41) is 15.8. The minimum Gasteiger partial charge on any atom is -0.342 e. The Bertz CT molecular complexity index is 907. The summed E-state index contributed by atoms with van der Waals surface area (Å²) < 4.78 is 3.77. The van der Waals surface area contributed by atoms with Crippen LogP contribution in [0.3, 0.4) is 0 Å². The molecule has 4 heterocycles. The lowest BCUT2D eigenvalue weighted by molar-refractivity contribution is -0.131. The summed E-state index contributed by atoms with van der Waals surface area (Å²) >= 11 is 1.59. The molecule has 0 radical (unpaired) electrons. The molecule has 1 saturated heterocycles. The van der Waals surface area contributed by atoms with E-state index in [0.29, 0.717) is 18.9 Å². The van der Waals surface area contributed by atoms with Crippen LogP contribution in [-0.2, 0) is 24.8 Å². The number of hydrogen-bond donors (Lipinski definition) is 0. The van der Waals surface area contributed by atoms with Crippen molar-refractivity contribution < 1.29 is 4.79 Å². The first kappa shape index (κ1) is 17.8. The van der Waals surface area contributed by atoms with Crippen molar-refractivity contribution in [3.63, 3.8) is 0 Å². The molecule has 0 aliphatic carbocycles. The SMILES string of the molecule is Cc1nc(CC(=O)N2CCC(c3nnc(Cn4cncn4)n3C)CC2)cs1. The average Bonchev–Trinajstić information content (AvgIpc) is 3.40. The van der Waals surface area contributed by atoms with Crippen LogP contribution < -0.4 is 0 Å². The van der Waals surface area contributed by atoms with Gasteiger partial charge in [-0.05, 0) is 19.8 Å². The van der Waals surface area contributed by atoms with Crippen LogP contribution in [0.1, 0.15) is 41.1 Å². The fourth-order valence-electron chi connectivity index (χ4n) is 3.47. The fraction of sp³-hybridized carbons (Fsp3) is 0.529. The van der Waals surface area contributed by atoms with Crippen molar-refractivity contribution in [3.05, 3.63) is 40.4 Å². The first-order valence-electron chi connectivity index (χ1n) is 8.99. The van der Waals surface area contributed by atoms with E-state index in [1.165, 1.54) is 6.33 Å². The Morgan fingerprint density at radius 1 is 1.30 bits per heavy atom. The minimum absolute atomic E-state index is 0.156. The summed E-state index contributed by atoms with van der Waals surface area (Å²) in [6, 6.07) is 0. The van der Waals surface area contributed by atoms with E-state index in [4.69, 9.17) is 0 Å². The standard InChI is InChI=1S/C17H22N8OS/c1-12-20-14(9-27-12)7-16(26)24-5-3-13(4-6-24)17-22-21-15(23(17)2)8-25-11-18-10-19-25/h9-11,13H,3-8H2,1-2H3. The van der Waals surface area contributed by atoms with E-state index in [0.717, 1.165) is 48.3 Å². The second-order valence-corrected chi connectivity index (χ2v) is 7.88. The Kier molecular flexibility index (Phi) is 4.97. The molecule has 0 unspecified atom stereocenters. The molecule has 4 rings (SSSR count). The van der Waals surface area contributed by atoms with E-state index >= 15 is 0 Å². The Balaban J connectivity index is 1.35. The number of rotatable bonds is 5. The number of carbonyl (C=O) groups is 1. The topological polar surface area (TPSA) is 94.6 Å². The van der Waals surface area contributed by atoms with Gasteiger partial charge >= 0.3 is 0 Å². The van der Waals surface area contributed by atoms with Gasteiger partial charge in [-0.15, -0.1) is 21.5 Å². The second-order valence-electron chi connectivity index (χ2n) is 6.82. The molecular weight excluding hydrogens is 364 g/mol. The Labute approximate surface area is 161 Å². The van der Waals surface area contributed by atoms with Crippen LogP contribution >= 0.6 is 11.3 Å². The summed E-state index contributed by atoms with van der Waals surface area (Å²) in [6.45, 7) is 4.01. The van der Waals surface area contributed by atoms with Gasteiger partial charge in [0.05, 0.1) is 17.1 Å². The number of amides is 1. The maximum absolute atomic E-state index is 12.5. The highest BCUT2D eigenvalue weighted by molar-refractivity contribution is 7.09. The zero-order chi connectivity index (χ0) is 18.8. The predicted octanol–water partition coefficient (Wildman–Crippen LogP) is 1.17. The second kappa shape index (κ2) is 7.55. The molecule has 27 heavy (non-hydrogen) atoms. The Morgan fingerprint density at radius 2 is 2.11 bits per heavy atom. The quantitative estimate of drug-likeness (QED) is 0.653. The fourth-order valence-corrected chi connectivity index (χ4v) is 4.08. The molecule has 1 aliphatic rings. The summed E-state index contributed by atoms with van der Waals surface area (Å²) in [5.41, 5.74) is 0.871. The third-order valence-electron chi connectivity index (χ3n) is 4.98. The van der Waals surface area contributed by atoms with Gasteiger partial charge in [-0.1, -0.05) is 0 Å². The molecule has 0 saturated carbocycles. The predicted molar refractivity (Wildman–Crippen MR) is 99.2 cm³/mol. The first-order chi connectivity index (χ1) is 13.1. The minimum atomic E-state index is 0.156. The van der Waals surface area contributed by atoms with Gasteiger partial charge in [-0.2, -0.15) is 5.10 Å². The van der Waals surface area contributed by atoms with Gasteiger partial charge in [0.1, 0.15) is 25.0 Å². The normalized spacial score (nSPS) is 15.4. The third kappa shape index (κ3) is 3.90. The van der Waals surface area contributed by atoms with Crippen LogP contribution in [0.5, 0.6) is 0 Å². The molecule has 0 N–H and O–H groups in total. The van der Waals surface area contributed by atoms with Crippen molar-refractivity contribution in [3.8, 4) is 0 Å². The number of carbonyl (C=O) groups excluding carboxylic acids is 1. The van der Waals surface area contributed by atoms with Gasteiger partial charge in [0.15, 0.2) is 5.82 Å². The molecule has 1 fully saturated rings. The maximum atomic E-state index is 12.5. The van der Waals surface area contributed by atoms with E-state index in [1.807, 2.05) is 28.8 Å². The van der Waals surface area contributed by atoms with Crippen LogP contribution in [0, 0.1) is 6.92 Å². The van der Waals surface area contributed by atoms with Crippen molar-refractivity contribution in [1.29, 1.82) is 0 Å². The molecule has 9 nitrogen and oxygen atoms in total. The monoisotopic (exact) mass is 386 g/mol. The van der Waals surface area contributed by atoms with Crippen LogP contribution in [0.2, 0.25) is 0 Å². The van der Waals surface area contributed by atoms with Gasteiger partial charge in [0.25, 0.3) is 0 Å². The smallest absolute Gasteiger partial charge is 0.228 e. The number of piperidine rings is 1. The molecule has 1 amide bonds. The summed E-state index contributed by atoms with van der Waals surface area (Å²) in [5.74, 6) is 2.31. The number of nitrogens with zero attached hydrogens (tertiary/aromatic N) is 8. The zero-order valence-electron chi connectivity index (χ0n) is 15.4. The highest BCUT2D eigenvalue weighted by atomic mass is 32.1. The Hall–Kier alpha value is -2.62. The highest BCUT2D eigenvalue weighted by Crippen LogP contribution is 2.27. The van der Waals surface area contributed by atoms with Crippen molar-refractivity contribution >= 4 is 17.2 Å². The number of likely N-dealkylation sites (tertiary alicyclic amines) is 1. The number of aryl methyl sites for hydroxylation is 1. The zero-order valence-corrected chi connectivity index (χ0v) is 16.3. The highest BCUT2D eigenvalue weighted by Gasteiger charge is 2.27. The van der Waals surface area contributed by atoms with Crippen molar-refractivity contribution in [2.45, 2.75) is 38.6 Å². The van der Waals surface area contributed by atoms with E-state index < -0.39 is 0 Å². The summed E-state index contributed by atoms with van der Waals surface area (Å²) in [6.07, 6.45) is 5.37. The van der Waals surface area contributed by atoms with Crippen LogP contribution in [0.25, 0.3) is 0 Å². The van der Waals surface area contributed by atoms with Gasteiger partial charge in [0, 0.05) is 31.4 Å². The molecular formula is C17H22N8OS. The van der Waals surface area contributed by atoms with Crippen LogP contribution in [-0.4, -0.2) is 58.4 Å². The number of thiazole rings is 1. The Morgan fingerprint density at radius 3 is 2.78 bits per heavy atom. The van der Waals surface area contributed by atoms with E-state index in [1.54, 1.807) is 22.3 Å². The van der Waals surface area contributed by atoms with Crippen LogP contribution in [0.4, 0.5) is 0 Å².